The molecule has 0 fully saturated rings. The van der Waals surface area contributed by atoms with Gasteiger partial charge in [0.1, 0.15) is 0 Å². The molecule has 1 aliphatic rings. The largest absolute Gasteiger partial charge is 0.337 e. The van der Waals surface area contributed by atoms with E-state index in [0.717, 1.165) is 25.9 Å². The van der Waals surface area contributed by atoms with Gasteiger partial charge in [0.25, 0.3) is 0 Å². The predicted molar refractivity (Wildman–Crippen MR) is 48.6 cm³/mol. The van der Waals surface area contributed by atoms with Gasteiger partial charge in [0.05, 0.1) is 6.04 Å². The van der Waals surface area contributed by atoms with Crippen LogP contribution in [0.5, 0.6) is 0 Å². The fraction of sp³-hybridized carbons (Fsp3) is 0.667. The first kappa shape index (κ1) is 9.26. The monoisotopic (exact) mass is 168 g/mol. The number of rotatable bonds is 2. The van der Waals surface area contributed by atoms with Crippen molar-refractivity contribution in [3.63, 3.8) is 0 Å². The van der Waals surface area contributed by atoms with Gasteiger partial charge in [-0.05, 0) is 12.8 Å². The second-order valence-electron chi connectivity index (χ2n) is 3.06. The van der Waals surface area contributed by atoms with Crippen molar-refractivity contribution in [1.29, 1.82) is 0 Å². The average molecular weight is 168 g/mol. The lowest BCUT2D eigenvalue weighted by Gasteiger charge is -2.25. The molecule has 1 rings (SSSR count). The van der Waals surface area contributed by atoms with Crippen molar-refractivity contribution in [1.82, 2.24) is 4.90 Å². The molecule has 1 heterocycles. The number of nitrogens with two attached hydrogens (primary N) is 1. The Morgan fingerprint density at radius 3 is 2.92 bits per heavy atom. The summed E-state index contributed by atoms with van der Waals surface area (Å²) in [5.41, 5.74) is 5.63. The van der Waals surface area contributed by atoms with E-state index in [1.54, 1.807) is 0 Å². The quantitative estimate of drug-likeness (QED) is 0.611. The number of carbonyl (C=O) groups excluding carboxylic acids is 1. The fourth-order valence-electron chi connectivity index (χ4n) is 1.25. The molecule has 2 N–H and O–H groups in total. The van der Waals surface area contributed by atoms with Gasteiger partial charge in [0.15, 0.2) is 0 Å². The molecule has 0 aromatic carbocycles. The molecule has 1 atom stereocenters. The molecule has 68 valence electrons. The highest BCUT2D eigenvalue weighted by molar-refractivity contribution is 5.81. The van der Waals surface area contributed by atoms with Gasteiger partial charge < -0.3 is 10.6 Å². The van der Waals surface area contributed by atoms with E-state index < -0.39 is 0 Å². The van der Waals surface area contributed by atoms with Crippen LogP contribution in [0.2, 0.25) is 0 Å². The highest BCUT2D eigenvalue weighted by Gasteiger charge is 2.18. The highest BCUT2D eigenvalue weighted by Crippen LogP contribution is 2.03. The number of hydrogen-bond acceptors (Lipinski definition) is 2. The molecular formula is C9H16N2O. The molecule has 0 bridgehead atoms. The molecule has 0 unspecified atom stereocenters. The maximum atomic E-state index is 11.5. The van der Waals surface area contributed by atoms with E-state index in [1.807, 2.05) is 17.9 Å². The van der Waals surface area contributed by atoms with Crippen LogP contribution in [0.4, 0.5) is 0 Å². The minimum absolute atomic E-state index is 0.0850. The summed E-state index contributed by atoms with van der Waals surface area (Å²) in [6.07, 6.45) is 5.80. The van der Waals surface area contributed by atoms with Crippen LogP contribution in [0, 0.1) is 0 Å². The van der Waals surface area contributed by atoms with Crippen LogP contribution in [0.25, 0.3) is 0 Å². The summed E-state index contributed by atoms with van der Waals surface area (Å²) < 4.78 is 0. The Kier molecular flexibility index (Phi) is 3.29. The predicted octanol–water partition coefficient (Wildman–Crippen LogP) is 0.512. The van der Waals surface area contributed by atoms with Crippen molar-refractivity contribution >= 4 is 5.91 Å². The Morgan fingerprint density at radius 2 is 2.42 bits per heavy atom. The molecule has 0 spiro atoms. The Hall–Kier alpha value is -0.830. The summed E-state index contributed by atoms with van der Waals surface area (Å²) in [6.45, 7) is 3.48. The molecule has 1 amide bonds. The normalized spacial score (nSPS) is 19.3. The summed E-state index contributed by atoms with van der Waals surface area (Å²) in [5.74, 6) is 0.0850. The molecule has 0 aromatic heterocycles. The highest BCUT2D eigenvalue weighted by atomic mass is 16.2. The maximum Gasteiger partial charge on any atom is 0.239 e. The lowest BCUT2D eigenvalue weighted by atomic mass is 10.2. The summed E-state index contributed by atoms with van der Waals surface area (Å²) in [6, 6.07) is -0.309. The van der Waals surface area contributed by atoms with Gasteiger partial charge in [-0.3, -0.25) is 4.79 Å². The SMILES string of the molecule is CC[C@@H](N)C(=O)N1CC=CCC1. The fourth-order valence-corrected chi connectivity index (χ4v) is 1.25. The molecule has 3 nitrogen and oxygen atoms in total. The summed E-state index contributed by atoms with van der Waals surface area (Å²) in [7, 11) is 0. The van der Waals surface area contributed by atoms with Crippen LogP contribution >= 0.6 is 0 Å². The van der Waals surface area contributed by atoms with E-state index in [1.165, 1.54) is 0 Å². The van der Waals surface area contributed by atoms with E-state index in [4.69, 9.17) is 5.73 Å². The van der Waals surface area contributed by atoms with Crippen molar-refractivity contribution in [3.05, 3.63) is 12.2 Å². The van der Waals surface area contributed by atoms with Gasteiger partial charge in [-0.25, -0.2) is 0 Å². The van der Waals surface area contributed by atoms with Crippen LogP contribution < -0.4 is 5.73 Å². The Morgan fingerprint density at radius 1 is 1.67 bits per heavy atom. The lowest BCUT2D eigenvalue weighted by molar-refractivity contribution is -0.132. The van der Waals surface area contributed by atoms with E-state index in [-0.39, 0.29) is 11.9 Å². The number of hydrogen-bond donors (Lipinski definition) is 1. The van der Waals surface area contributed by atoms with Crippen molar-refractivity contribution in [2.45, 2.75) is 25.8 Å². The molecule has 1 aliphatic heterocycles. The number of carbonyl (C=O) groups is 1. The van der Waals surface area contributed by atoms with Crippen LogP contribution in [0.1, 0.15) is 19.8 Å². The van der Waals surface area contributed by atoms with E-state index in [0.29, 0.717) is 0 Å². The topological polar surface area (TPSA) is 46.3 Å². The molecule has 0 aromatic rings. The molecule has 0 radical (unpaired) electrons. The van der Waals surface area contributed by atoms with Crippen molar-refractivity contribution in [3.8, 4) is 0 Å². The first-order valence-electron chi connectivity index (χ1n) is 4.45. The zero-order valence-corrected chi connectivity index (χ0v) is 7.49. The average Bonchev–Trinajstić information content (AvgIpc) is 2.17. The Balaban J connectivity index is 2.46. The lowest BCUT2D eigenvalue weighted by Crippen LogP contribution is -2.44. The van der Waals surface area contributed by atoms with E-state index in [9.17, 15) is 4.79 Å². The van der Waals surface area contributed by atoms with Crippen molar-refractivity contribution in [2.24, 2.45) is 5.73 Å². The number of nitrogens with zero attached hydrogens (tertiary/aromatic N) is 1. The summed E-state index contributed by atoms with van der Waals surface area (Å²) in [5, 5.41) is 0. The molecule has 0 saturated heterocycles. The van der Waals surface area contributed by atoms with Crippen molar-refractivity contribution in [2.75, 3.05) is 13.1 Å². The molecule has 12 heavy (non-hydrogen) atoms. The Bertz CT molecular complexity index is 189. The zero-order valence-electron chi connectivity index (χ0n) is 7.49. The number of amides is 1. The van der Waals surface area contributed by atoms with Gasteiger partial charge in [-0.2, -0.15) is 0 Å². The minimum Gasteiger partial charge on any atom is -0.337 e. The first-order valence-corrected chi connectivity index (χ1v) is 4.45. The summed E-state index contributed by atoms with van der Waals surface area (Å²) >= 11 is 0. The van der Waals surface area contributed by atoms with Gasteiger partial charge in [0.2, 0.25) is 5.91 Å². The van der Waals surface area contributed by atoms with E-state index >= 15 is 0 Å². The Labute approximate surface area is 73.2 Å². The van der Waals surface area contributed by atoms with Crippen molar-refractivity contribution < 1.29 is 4.79 Å². The standard InChI is InChI=1S/C9H16N2O/c1-2-8(10)9(12)11-6-4-3-5-7-11/h3-4,8H,2,5-7,10H2,1H3/t8-/m1/s1. The van der Waals surface area contributed by atoms with Crippen LogP contribution in [-0.4, -0.2) is 29.9 Å². The second kappa shape index (κ2) is 4.26. The van der Waals surface area contributed by atoms with Crippen LogP contribution in [0.15, 0.2) is 12.2 Å². The zero-order chi connectivity index (χ0) is 8.97. The summed E-state index contributed by atoms with van der Waals surface area (Å²) in [4.78, 5) is 13.3. The van der Waals surface area contributed by atoms with Crippen LogP contribution in [-0.2, 0) is 4.79 Å². The third-order valence-corrected chi connectivity index (χ3v) is 2.13. The maximum absolute atomic E-state index is 11.5. The molecule has 0 saturated carbocycles. The minimum atomic E-state index is -0.309. The molecule has 3 heteroatoms. The van der Waals surface area contributed by atoms with Gasteiger partial charge in [0, 0.05) is 13.1 Å². The third kappa shape index (κ3) is 2.08. The van der Waals surface area contributed by atoms with Gasteiger partial charge in [-0.1, -0.05) is 19.1 Å². The smallest absolute Gasteiger partial charge is 0.239 e. The second-order valence-corrected chi connectivity index (χ2v) is 3.06. The van der Waals surface area contributed by atoms with Crippen LogP contribution in [0.3, 0.4) is 0 Å². The molecular weight excluding hydrogens is 152 g/mol. The third-order valence-electron chi connectivity index (χ3n) is 2.13. The first-order chi connectivity index (χ1) is 5.75. The van der Waals surface area contributed by atoms with Gasteiger partial charge >= 0.3 is 0 Å². The van der Waals surface area contributed by atoms with Gasteiger partial charge in [-0.15, -0.1) is 0 Å². The van der Waals surface area contributed by atoms with E-state index in [2.05, 4.69) is 6.08 Å². The molecule has 0 aliphatic carbocycles.